The van der Waals surface area contributed by atoms with Gasteiger partial charge in [0.1, 0.15) is 5.75 Å². The van der Waals surface area contributed by atoms with Crippen LogP contribution < -0.4 is 4.74 Å². The summed E-state index contributed by atoms with van der Waals surface area (Å²) in [7, 11) is 3.35. The number of hydrogen-bond acceptors (Lipinski definition) is 3. The van der Waals surface area contributed by atoms with Crippen LogP contribution in [0.15, 0.2) is 48.5 Å². The summed E-state index contributed by atoms with van der Waals surface area (Å²) in [4.78, 5) is 13.9. The third kappa shape index (κ3) is 3.61. The van der Waals surface area contributed by atoms with Gasteiger partial charge in [-0.05, 0) is 42.0 Å². The van der Waals surface area contributed by atoms with E-state index in [1.54, 1.807) is 55.5 Å². The second-order valence-electron chi connectivity index (χ2n) is 4.70. The Balaban J connectivity index is 2.05. The van der Waals surface area contributed by atoms with E-state index >= 15 is 0 Å². The first-order chi connectivity index (χ1) is 10.1. The highest BCUT2D eigenvalue weighted by atomic mass is 16.5. The van der Waals surface area contributed by atoms with Crippen LogP contribution in [0.4, 0.5) is 0 Å². The van der Waals surface area contributed by atoms with Gasteiger partial charge in [-0.3, -0.25) is 4.79 Å². The lowest BCUT2D eigenvalue weighted by molar-refractivity contribution is 0.0785. The molecule has 0 spiro atoms. The second kappa shape index (κ2) is 6.58. The van der Waals surface area contributed by atoms with Gasteiger partial charge in [-0.2, -0.15) is 5.26 Å². The molecule has 4 heteroatoms. The summed E-state index contributed by atoms with van der Waals surface area (Å²) in [5.74, 6) is 0.670. The van der Waals surface area contributed by atoms with Crippen LogP contribution in [0, 0.1) is 11.3 Å². The Bertz CT molecular complexity index is 655. The molecule has 0 radical (unpaired) electrons. The van der Waals surface area contributed by atoms with Crippen molar-refractivity contribution in [3.63, 3.8) is 0 Å². The van der Waals surface area contributed by atoms with Gasteiger partial charge >= 0.3 is 0 Å². The lowest BCUT2D eigenvalue weighted by Crippen LogP contribution is -2.26. The largest absolute Gasteiger partial charge is 0.497 e. The molecule has 0 bridgehead atoms. The summed E-state index contributed by atoms with van der Waals surface area (Å²) in [5.41, 5.74) is 2.22. The fraction of sp³-hybridized carbons (Fsp3) is 0.176. The van der Waals surface area contributed by atoms with E-state index in [1.807, 2.05) is 12.1 Å². The summed E-state index contributed by atoms with van der Waals surface area (Å²) >= 11 is 0. The third-order valence-electron chi connectivity index (χ3n) is 3.19. The van der Waals surface area contributed by atoms with E-state index in [1.165, 1.54) is 0 Å². The molecule has 2 aromatic carbocycles. The van der Waals surface area contributed by atoms with Crippen molar-refractivity contribution in [3.05, 3.63) is 65.2 Å². The van der Waals surface area contributed by atoms with Crippen molar-refractivity contribution in [2.75, 3.05) is 14.2 Å². The summed E-state index contributed by atoms with van der Waals surface area (Å²) in [6, 6.07) is 16.3. The Labute approximate surface area is 124 Å². The minimum atomic E-state index is -0.0537. The Kier molecular flexibility index (Phi) is 4.57. The molecule has 0 atom stereocenters. The summed E-state index contributed by atoms with van der Waals surface area (Å²) in [6.07, 6.45) is 0. The highest BCUT2D eigenvalue weighted by Crippen LogP contribution is 2.14. The van der Waals surface area contributed by atoms with Gasteiger partial charge in [-0.15, -0.1) is 0 Å². The molecule has 0 heterocycles. The van der Waals surface area contributed by atoms with Crippen LogP contribution in [0.2, 0.25) is 0 Å². The van der Waals surface area contributed by atoms with E-state index in [-0.39, 0.29) is 5.91 Å². The highest BCUT2D eigenvalue weighted by Gasteiger charge is 2.12. The SMILES string of the molecule is COc1ccc(C(=O)N(C)Cc2ccc(C#N)cc2)cc1. The maximum absolute atomic E-state index is 12.3. The average Bonchev–Trinajstić information content (AvgIpc) is 2.55. The molecule has 0 saturated heterocycles. The molecule has 0 unspecified atom stereocenters. The lowest BCUT2D eigenvalue weighted by atomic mass is 10.1. The van der Waals surface area contributed by atoms with Crippen LogP contribution in [-0.2, 0) is 6.54 Å². The molecule has 0 saturated carbocycles. The maximum Gasteiger partial charge on any atom is 0.253 e. The van der Waals surface area contributed by atoms with E-state index < -0.39 is 0 Å². The number of nitrogens with zero attached hydrogens (tertiary/aromatic N) is 2. The number of rotatable bonds is 4. The van der Waals surface area contributed by atoms with Gasteiger partial charge < -0.3 is 9.64 Å². The number of carbonyl (C=O) groups is 1. The zero-order valence-corrected chi connectivity index (χ0v) is 12.0. The van der Waals surface area contributed by atoms with Crippen molar-refractivity contribution < 1.29 is 9.53 Å². The molecule has 2 rings (SSSR count). The number of nitriles is 1. The van der Waals surface area contributed by atoms with Crippen molar-refractivity contribution >= 4 is 5.91 Å². The van der Waals surface area contributed by atoms with Crippen LogP contribution >= 0.6 is 0 Å². The Morgan fingerprint density at radius 3 is 2.29 bits per heavy atom. The fourth-order valence-electron chi connectivity index (χ4n) is 1.98. The number of hydrogen-bond donors (Lipinski definition) is 0. The molecule has 4 nitrogen and oxygen atoms in total. The van der Waals surface area contributed by atoms with Gasteiger partial charge in [0, 0.05) is 19.2 Å². The normalized spacial score (nSPS) is 9.76. The number of benzene rings is 2. The van der Waals surface area contributed by atoms with Gasteiger partial charge in [0.25, 0.3) is 5.91 Å². The lowest BCUT2D eigenvalue weighted by Gasteiger charge is -2.17. The number of carbonyl (C=O) groups excluding carboxylic acids is 1. The molecule has 2 aromatic rings. The predicted molar refractivity (Wildman–Crippen MR) is 79.9 cm³/mol. The first kappa shape index (κ1) is 14.6. The zero-order valence-electron chi connectivity index (χ0n) is 12.0. The van der Waals surface area contributed by atoms with E-state index in [0.29, 0.717) is 17.7 Å². The highest BCUT2D eigenvalue weighted by molar-refractivity contribution is 5.94. The second-order valence-corrected chi connectivity index (χ2v) is 4.70. The van der Waals surface area contributed by atoms with Crippen LogP contribution in [-0.4, -0.2) is 25.0 Å². The summed E-state index contributed by atoms with van der Waals surface area (Å²) in [5, 5.41) is 8.77. The summed E-state index contributed by atoms with van der Waals surface area (Å²) < 4.78 is 5.08. The molecule has 0 aliphatic carbocycles. The first-order valence-corrected chi connectivity index (χ1v) is 6.52. The van der Waals surface area contributed by atoms with Gasteiger partial charge in [-0.25, -0.2) is 0 Å². The van der Waals surface area contributed by atoms with Gasteiger partial charge in [0.2, 0.25) is 0 Å². The van der Waals surface area contributed by atoms with Crippen molar-refractivity contribution in [1.29, 1.82) is 5.26 Å². The molecule has 0 N–H and O–H groups in total. The topological polar surface area (TPSA) is 53.3 Å². The first-order valence-electron chi connectivity index (χ1n) is 6.52. The Morgan fingerprint density at radius 1 is 1.14 bits per heavy atom. The standard InChI is InChI=1S/C17H16N2O2/c1-19(12-14-5-3-13(11-18)4-6-14)17(20)15-7-9-16(21-2)10-8-15/h3-10H,12H2,1-2H3. The van der Waals surface area contributed by atoms with E-state index in [9.17, 15) is 4.79 Å². The minimum Gasteiger partial charge on any atom is -0.497 e. The van der Waals surface area contributed by atoms with Crippen LogP contribution in [0.3, 0.4) is 0 Å². The van der Waals surface area contributed by atoms with Crippen LogP contribution in [0.5, 0.6) is 5.75 Å². The van der Waals surface area contributed by atoms with Gasteiger partial charge in [-0.1, -0.05) is 12.1 Å². The number of methoxy groups -OCH3 is 1. The zero-order chi connectivity index (χ0) is 15.2. The minimum absolute atomic E-state index is 0.0537. The van der Waals surface area contributed by atoms with Gasteiger partial charge in [0.05, 0.1) is 18.7 Å². The van der Waals surface area contributed by atoms with Crippen molar-refractivity contribution in [2.24, 2.45) is 0 Å². The van der Waals surface area contributed by atoms with E-state index in [2.05, 4.69) is 6.07 Å². The molecule has 0 aliphatic rings. The van der Waals surface area contributed by atoms with Crippen molar-refractivity contribution in [2.45, 2.75) is 6.54 Å². The molecule has 0 aliphatic heterocycles. The Hall–Kier alpha value is -2.80. The molecular weight excluding hydrogens is 264 g/mol. The average molecular weight is 280 g/mol. The number of ether oxygens (including phenoxy) is 1. The van der Waals surface area contributed by atoms with Crippen molar-refractivity contribution in [1.82, 2.24) is 4.90 Å². The molecule has 21 heavy (non-hydrogen) atoms. The van der Waals surface area contributed by atoms with Gasteiger partial charge in [0.15, 0.2) is 0 Å². The van der Waals surface area contributed by atoms with Crippen LogP contribution in [0.1, 0.15) is 21.5 Å². The monoisotopic (exact) mass is 280 g/mol. The quantitative estimate of drug-likeness (QED) is 0.865. The maximum atomic E-state index is 12.3. The Morgan fingerprint density at radius 2 is 1.76 bits per heavy atom. The smallest absolute Gasteiger partial charge is 0.253 e. The molecule has 1 amide bonds. The predicted octanol–water partition coefficient (Wildman–Crippen LogP) is 2.84. The fourth-order valence-corrected chi connectivity index (χ4v) is 1.98. The molecule has 106 valence electrons. The van der Waals surface area contributed by atoms with Crippen LogP contribution in [0.25, 0.3) is 0 Å². The number of amides is 1. The molecule has 0 fully saturated rings. The third-order valence-corrected chi connectivity index (χ3v) is 3.19. The van der Waals surface area contributed by atoms with Crippen molar-refractivity contribution in [3.8, 4) is 11.8 Å². The van der Waals surface area contributed by atoms with E-state index in [4.69, 9.17) is 10.00 Å². The molecule has 0 aromatic heterocycles. The molecular formula is C17H16N2O2. The summed E-state index contributed by atoms with van der Waals surface area (Å²) in [6.45, 7) is 0.497. The van der Waals surface area contributed by atoms with E-state index in [0.717, 1.165) is 11.3 Å².